The van der Waals surface area contributed by atoms with Crippen molar-refractivity contribution in [3.8, 4) is 0 Å². The first kappa shape index (κ1) is 13.2. The lowest BCUT2D eigenvalue weighted by molar-refractivity contribution is -0.798. The zero-order chi connectivity index (χ0) is 13.2. The van der Waals surface area contributed by atoms with Gasteiger partial charge in [0.1, 0.15) is 6.04 Å². The number of fused-ring (bicyclic) bond motifs is 2. The van der Waals surface area contributed by atoms with Crippen LogP contribution in [0.15, 0.2) is 0 Å². The van der Waals surface area contributed by atoms with Crippen LogP contribution in [0.3, 0.4) is 0 Å². The minimum Gasteiger partial charge on any atom is -0.320 e. The summed E-state index contributed by atoms with van der Waals surface area (Å²) in [5.41, 5.74) is -3.96. The van der Waals surface area contributed by atoms with Crippen LogP contribution in [0.25, 0.3) is 0 Å². The fraction of sp³-hybridized carbons (Fsp3) is 1.00. The van der Waals surface area contributed by atoms with Crippen LogP contribution in [-0.4, -0.2) is 35.5 Å². The van der Waals surface area contributed by atoms with Crippen LogP contribution in [0.4, 0.5) is 30.7 Å². The molecule has 1 nitrogen and oxygen atoms in total. The van der Waals surface area contributed by atoms with Crippen molar-refractivity contribution in [3.63, 3.8) is 0 Å². The first-order valence-corrected chi connectivity index (χ1v) is 5.23. The van der Waals surface area contributed by atoms with Crippen molar-refractivity contribution in [2.45, 2.75) is 41.9 Å². The van der Waals surface area contributed by atoms with Gasteiger partial charge in [-0.05, 0) is 6.42 Å². The molecule has 0 aromatic rings. The predicted molar refractivity (Wildman–Crippen MR) is 43.2 cm³/mol. The monoisotopic (exact) mass is 286 g/mol. The number of piperidine rings is 1. The van der Waals surface area contributed by atoms with Crippen molar-refractivity contribution in [1.82, 2.24) is 0 Å². The van der Waals surface area contributed by atoms with Crippen molar-refractivity contribution in [1.29, 1.82) is 0 Å². The summed E-state index contributed by atoms with van der Waals surface area (Å²) in [5, 5.41) is -1.43. The molecule has 1 saturated heterocycles. The average molecular weight is 287 g/mol. The topological polar surface area (TPSA) is 16.6 Å². The fourth-order valence-corrected chi connectivity index (χ4v) is 3.36. The van der Waals surface area contributed by atoms with Crippen LogP contribution in [0.1, 0.15) is 6.42 Å². The SMILES string of the molecule is F[C@@H]1C[C@H]2[C@@H](Cl)[C@@H]1[NH2+]C2(C(F)(F)F)C(F)(F)F. The number of hydrogen-bond acceptors (Lipinski definition) is 0. The fourth-order valence-electron chi connectivity index (χ4n) is 2.83. The lowest BCUT2D eigenvalue weighted by Gasteiger charge is -2.37. The van der Waals surface area contributed by atoms with E-state index in [1.54, 1.807) is 0 Å². The number of alkyl halides is 8. The maximum atomic E-state index is 13.1. The Morgan fingerprint density at radius 1 is 1.06 bits per heavy atom. The quantitative estimate of drug-likeness (QED) is 0.516. The van der Waals surface area contributed by atoms with Crippen LogP contribution >= 0.6 is 11.6 Å². The zero-order valence-corrected chi connectivity index (χ0v) is 8.87. The van der Waals surface area contributed by atoms with E-state index in [1.165, 1.54) is 0 Å². The molecule has 0 aromatic carbocycles. The second-order valence-corrected chi connectivity index (χ2v) is 4.92. The van der Waals surface area contributed by atoms with E-state index in [4.69, 9.17) is 11.6 Å². The highest BCUT2D eigenvalue weighted by molar-refractivity contribution is 6.21. The molecule has 2 fully saturated rings. The number of halogens is 8. The first-order valence-electron chi connectivity index (χ1n) is 4.80. The molecule has 0 radical (unpaired) electrons. The summed E-state index contributed by atoms with van der Waals surface area (Å²) >= 11 is 5.50. The molecular weight excluding hydrogens is 279 g/mol. The van der Waals surface area contributed by atoms with Gasteiger partial charge in [-0.2, -0.15) is 26.3 Å². The van der Waals surface area contributed by atoms with Gasteiger partial charge < -0.3 is 5.32 Å². The molecule has 1 saturated carbocycles. The molecular formula is C8H8ClF7N+. The van der Waals surface area contributed by atoms with E-state index in [0.717, 1.165) is 0 Å². The Balaban J connectivity index is 2.48. The highest BCUT2D eigenvalue weighted by atomic mass is 35.5. The van der Waals surface area contributed by atoms with E-state index >= 15 is 0 Å². The summed E-state index contributed by atoms with van der Waals surface area (Å²) < 4.78 is 89.6. The van der Waals surface area contributed by atoms with Crippen LogP contribution in [0, 0.1) is 5.92 Å². The van der Waals surface area contributed by atoms with Gasteiger partial charge in [0.15, 0.2) is 6.17 Å². The molecule has 0 amide bonds. The molecule has 2 bridgehead atoms. The van der Waals surface area contributed by atoms with Gasteiger partial charge in [0.05, 0.1) is 11.3 Å². The molecule has 0 unspecified atom stereocenters. The standard InChI is InChI=1S/C8H7ClF7N/c9-4-2-1-3(10)5(4)17-6(2,7(11,12)13)8(14,15)16/h2-5,17H,1H2/p+1/t2-,3+,4+,5+/m0/s1. The largest absolute Gasteiger partial charge is 0.454 e. The van der Waals surface area contributed by atoms with Gasteiger partial charge in [-0.25, -0.2) is 4.39 Å². The molecule has 4 atom stereocenters. The summed E-state index contributed by atoms with van der Waals surface area (Å²) in [7, 11) is 0. The molecule has 2 rings (SSSR count). The third-order valence-corrected chi connectivity index (χ3v) is 4.22. The number of nitrogens with two attached hydrogens (primary N) is 1. The molecule has 1 aliphatic heterocycles. The van der Waals surface area contributed by atoms with Gasteiger partial charge in [-0.1, -0.05) is 0 Å². The second kappa shape index (κ2) is 3.40. The molecule has 2 N–H and O–H groups in total. The van der Waals surface area contributed by atoms with Crippen LogP contribution < -0.4 is 5.32 Å². The van der Waals surface area contributed by atoms with E-state index in [-0.39, 0.29) is 5.32 Å². The van der Waals surface area contributed by atoms with E-state index < -0.39 is 47.8 Å². The van der Waals surface area contributed by atoms with Crippen molar-refractivity contribution in [3.05, 3.63) is 0 Å². The second-order valence-electron chi connectivity index (χ2n) is 4.41. The number of quaternary nitrogens is 1. The molecule has 1 heterocycles. The van der Waals surface area contributed by atoms with Crippen molar-refractivity contribution < 1.29 is 36.0 Å². The normalized spacial score (nSPS) is 40.9. The summed E-state index contributed by atoms with van der Waals surface area (Å²) in [6, 6.07) is -1.48. The lowest BCUT2D eigenvalue weighted by atomic mass is 9.82. The van der Waals surface area contributed by atoms with E-state index in [9.17, 15) is 30.7 Å². The Labute approximate surface area is 96.3 Å². The third-order valence-electron chi connectivity index (χ3n) is 3.63. The van der Waals surface area contributed by atoms with Gasteiger partial charge in [0, 0.05) is 0 Å². The van der Waals surface area contributed by atoms with E-state index in [2.05, 4.69) is 0 Å². The maximum Gasteiger partial charge on any atom is 0.454 e. The van der Waals surface area contributed by atoms with Crippen LogP contribution in [-0.2, 0) is 0 Å². The smallest absolute Gasteiger partial charge is 0.320 e. The molecule has 1 aliphatic carbocycles. The summed E-state index contributed by atoms with van der Waals surface area (Å²) in [5.74, 6) is -1.97. The Kier molecular flexibility index (Phi) is 2.64. The molecule has 17 heavy (non-hydrogen) atoms. The van der Waals surface area contributed by atoms with Crippen molar-refractivity contribution in [2.75, 3.05) is 0 Å². The highest BCUT2D eigenvalue weighted by Crippen LogP contribution is 2.54. The molecule has 100 valence electrons. The maximum absolute atomic E-state index is 13.1. The molecule has 9 heteroatoms. The summed E-state index contributed by atoms with van der Waals surface area (Å²) in [6.45, 7) is 0. The molecule has 2 aliphatic rings. The molecule has 0 aromatic heterocycles. The minimum absolute atomic E-state index is 0.0174. The Morgan fingerprint density at radius 2 is 1.53 bits per heavy atom. The van der Waals surface area contributed by atoms with E-state index in [0.29, 0.717) is 0 Å². The Morgan fingerprint density at radius 3 is 1.76 bits per heavy atom. The average Bonchev–Trinajstić information content (AvgIpc) is 2.53. The third kappa shape index (κ3) is 1.49. The van der Waals surface area contributed by atoms with Crippen molar-refractivity contribution in [2.24, 2.45) is 5.92 Å². The summed E-state index contributed by atoms with van der Waals surface area (Å²) in [4.78, 5) is 0. The van der Waals surface area contributed by atoms with Gasteiger partial charge in [0.2, 0.25) is 0 Å². The Bertz CT molecular complexity index is 311. The van der Waals surface area contributed by atoms with E-state index in [1.807, 2.05) is 0 Å². The summed E-state index contributed by atoms with van der Waals surface area (Å²) in [6.07, 6.45) is -13.5. The molecule has 0 spiro atoms. The van der Waals surface area contributed by atoms with Gasteiger partial charge in [-0.15, -0.1) is 11.6 Å². The number of hydrogen-bond donors (Lipinski definition) is 1. The predicted octanol–water partition coefficient (Wildman–Crippen LogP) is 1.76. The minimum atomic E-state index is -5.50. The van der Waals surface area contributed by atoms with Gasteiger partial charge >= 0.3 is 12.4 Å². The number of rotatable bonds is 0. The van der Waals surface area contributed by atoms with Crippen LogP contribution in [0.5, 0.6) is 0 Å². The lowest BCUT2D eigenvalue weighted by Crippen LogP contribution is -3.07. The Hall–Kier alpha value is -0.240. The van der Waals surface area contributed by atoms with Gasteiger partial charge in [0.25, 0.3) is 5.54 Å². The van der Waals surface area contributed by atoms with Gasteiger partial charge in [-0.3, -0.25) is 0 Å². The highest BCUT2D eigenvalue weighted by Gasteiger charge is 2.85. The zero-order valence-electron chi connectivity index (χ0n) is 8.12. The first-order chi connectivity index (χ1) is 7.52. The van der Waals surface area contributed by atoms with Crippen molar-refractivity contribution >= 4 is 11.6 Å². The van der Waals surface area contributed by atoms with Crippen LogP contribution in [0.2, 0.25) is 0 Å².